The molecular weight excluding hydrogens is 274 g/mol. The van der Waals surface area contributed by atoms with Gasteiger partial charge in [0.1, 0.15) is 10.0 Å². The standard InChI is InChI=1S/C12H12ClNOS2/c1-7-3-8(2)5-9(4-7)6-14-11-10(13)12(15)17-16-11/h3-5,14H,6H2,1-2H3. The third-order valence-electron chi connectivity index (χ3n) is 2.31. The van der Waals surface area contributed by atoms with Crippen LogP contribution >= 0.6 is 32.3 Å². The van der Waals surface area contributed by atoms with Gasteiger partial charge in [0.25, 0.3) is 4.74 Å². The summed E-state index contributed by atoms with van der Waals surface area (Å²) in [4.78, 5) is 11.2. The largest absolute Gasteiger partial charge is 0.371 e. The quantitative estimate of drug-likeness (QED) is 0.862. The monoisotopic (exact) mass is 285 g/mol. The summed E-state index contributed by atoms with van der Waals surface area (Å²) in [5.74, 6) is 0. The van der Waals surface area contributed by atoms with E-state index in [0.29, 0.717) is 11.6 Å². The van der Waals surface area contributed by atoms with Crippen LogP contribution in [0.4, 0.5) is 5.00 Å². The van der Waals surface area contributed by atoms with Gasteiger partial charge < -0.3 is 5.32 Å². The summed E-state index contributed by atoms with van der Waals surface area (Å²) < 4.78 is -0.0698. The zero-order valence-corrected chi connectivity index (χ0v) is 11.9. The number of hydrogen-bond acceptors (Lipinski definition) is 4. The molecule has 0 aliphatic carbocycles. The van der Waals surface area contributed by atoms with Gasteiger partial charge in [-0.2, -0.15) is 0 Å². The van der Waals surface area contributed by atoms with Crippen LogP contribution < -0.4 is 10.1 Å². The highest BCUT2D eigenvalue weighted by Gasteiger charge is 2.07. The molecule has 2 rings (SSSR count). The molecule has 0 saturated carbocycles. The number of rotatable bonds is 3. The Bertz CT molecular complexity index is 568. The fourth-order valence-electron chi connectivity index (χ4n) is 1.71. The van der Waals surface area contributed by atoms with Gasteiger partial charge in [0, 0.05) is 6.54 Å². The Hall–Kier alpha value is -0.840. The number of benzene rings is 1. The first kappa shape index (κ1) is 12.6. The minimum atomic E-state index is -0.0698. The zero-order valence-electron chi connectivity index (χ0n) is 9.54. The molecule has 90 valence electrons. The summed E-state index contributed by atoms with van der Waals surface area (Å²) in [5.41, 5.74) is 3.68. The molecule has 0 radical (unpaired) electrons. The Kier molecular flexibility index (Phi) is 3.86. The number of anilines is 1. The molecular formula is C12H12ClNOS2. The van der Waals surface area contributed by atoms with Gasteiger partial charge >= 0.3 is 0 Å². The minimum Gasteiger partial charge on any atom is -0.371 e. The second-order valence-electron chi connectivity index (χ2n) is 3.95. The Balaban J connectivity index is 2.12. The summed E-state index contributed by atoms with van der Waals surface area (Å²) in [5, 5.41) is 4.28. The van der Waals surface area contributed by atoms with Crippen molar-refractivity contribution >= 4 is 37.3 Å². The van der Waals surface area contributed by atoms with Crippen LogP contribution in [0.2, 0.25) is 5.02 Å². The van der Waals surface area contributed by atoms with Crippen molar-refractivity contribution in [1.29, 1.82) is 0 Å². The minimum absolute atomic E-state index is 0.0698. The second kappa shape index (κ2) is 5.21. The first-order valence-corrected chi connectivity index (χ1v) is 7.68. The summed E-state index contributed by atoms with van der Waals surface area (Å²) in [6.45, 7) is 4.84. The fraction of sp³-hybridized carbons (Fsp3) is 0.250. The van der Waals surface area contributed by atoms with Crippen LogP contribution in [0, 0.1) is 13.8 Å². The second-order valence-corrected chi connectivity index (χ2v) is 6.44. The SMILES string of the molecule is Cc1cc(C)cc(CNc2ssc(=O)c2Cl)c1. The Morgan fingerprint density at radius 3 is 2.35 bits per heavy atom. The molecule has 0 aliphatic rings. The van der Waals surface area contributed by atoms with Gasteiger partial charge in [0.15, 0.2) is 0 Å². The molecule has 0 amide bonds. The van der Waals surface area contributed by atoms with E-state index < -0.39 is 0 Å². The average Bonchev–Trinajstić information content (AvgIpc) is 2.56. The molecule has 0 bridgehead atoms. The van der Waals surface area contributed by atoms with Crippen molar-refractivity contribution in [3.05, 3.63) is 49.4 Å². The third kappa shape index (κ3) is 3.09. The van der Waals surface area contributed by atoms with E-state index in [4.69, 9.17) is 11.6 Å². The van der Waals surface area contributed by atoms with Crippen molar-refractivity contribution in [2.24, 2.45) is 0 Å². The maximum atomic E-state index is 11.2. The molecule has 1 heterocycles. The Morgan fingerprint density at radius 1 is 1.18 bits per heavy atom. The van der Waals surface area contributed by atoms with Crippen molar-refractivity contribution in [2.45, 2.75) is 20.4 Å². The summed E-state index contributed by atoms with van der Waals surface area (Å²) in [6.07, 6.45) is 0. The first-order valence-electron chi connectivity index (χ1n) is 5.16. The van der Waals surface area contributed by atoms with Gasteiger partial charge in [-0.15, -0.1) is 0 Å². The molecule has 0 spiro atoms. The lowest BCUT2D eigenvalue weighted by molar-refractivity contribution is 1.14. The smallest absolute Gasteiger partial charge is 0.263 e. The van der Waals surface area contributed by atoms with Crippen LogP contribution in [-0.2, 0) is 6.54 Å². The lowest BCUT2D eigenvalue weighted by atomic mass is 10.1. The van der Waals surface area contributed by atoms with E-state index in [0.717, 1.165) is 15.3 Å². The van der Waals surface area contributed by atoms with E-state index in [1.807, 2.05) is 0 Å². The molecule has 17 heavy (non-hydrogen) atoms. The van der Waals surface area contributed by atoms with E-state index in [-0.39, 0.29) is 4.74 Å². The van der Waals surface area contributed by atoms with Gasteiger partial charge in [-0.05, 0) is 29.8 Å². The van der Waals surface area contributed by atoms with Crippen molar-refractivity contribution in [1.82, 2.24) is 0 Å². The van der Waals surface area contributed by atoms with Crippen molar-refractivity contribution in [3.8, 4) is 0 Å². The number of aryl methyl sites for hydroxylation is 2. The van der Waals surface area contributed by atoms with Gasteiger partial charge in [0.05, 0.1) is 0 Å². The molecule has 0 aliphatic heterocycles. The summed E-state index contributed by atoms with van der Waals surface area (Å²) >= 11 is 5.88. The van der Waals surface area contributed by atoms with Crippen molar-refractivity contribution in [3.63, 3.8) is 0 Å². The van der Waals surface area contributed by atoms with Crippen LogP contribution in [0.3, 0.4) is 0 Å². The molecule has 0 unspecified atom stereocenters. The number of nitrogens with one attached hydrogen (secondary N) is 1. The van der Waals surface area contributed by atoms with E-state index >= 15 is 0 Å². The maximum absolute atomic E-state index is 11.2. The molecule has 1 aromatic heterocycles. The van der Waals surface area contributed by atoms with E-state index in [1.165, 1.54) is 27.0 Å². The van der Waals surface area contributed by atoms with Crippen LogP contribution in [0.1, 0.15) is 16.7 Å². The highest BCUT2D eigenvalue weighted by Crippen LogP contribution is 2.27. The molecule has 2 aromatic rings. The highest BCUT2D eigenvalue weighted by molar-refractivity contribution is 7.70. The predicted molar refractivity (Wildman–Crippen MR) is 76.7 cm³/mol. The van der Waals surface area contributed by atoms with E-state index in [1.54, 1.807) is 0 Å². The average molecular weight is 286 g/mol. The topological polar surface area (TPSA) is 29.1 Å². The van der Waals surface area contributed by atoms with Gasteiger partial charge in [0.2, 0.25) is 0 Å². The lowest BCUT2D eigenvalue weighted by Gasteiger charge is -2.06. The van der Waals surface area contributed by atoms with Crippen molar-refractivity contribution in [2.75, 3.05) is 5.32 Å². The normalized spacial score (nSPS) is 10.5. The number of hydrogen-bond donors (Lipinski definition) is 1. The molecule has 5 heteroatoms. The van der Waals surface area contributed by atoms with Crippen LogP contribution in [0.5, 0.6) is 0 Å². The lowest BCUT2D eigenvalue weighted by Crippen LogP contribution is -2.00. The van der Waals surface area contributed by atoms with Crippen LogP contribution in [0.25, 0.3) is 0 Å². The predicted octanol–water partition coefficient (Wildman–Crippen LogP) is 4.05. The van der Waals surface area contributed by atoms with Gasteiger partial charge in [-0.1, -0.05) is 51.3 Å². The Morgan fingerprint density at radius 2 is 1.82 bits per heavy atom. The van der Waals surface area contributed by atoms with Gasteiger partial charge in [-0.25, -0.2) is 0 Å². The van der Waals surface area contributed by atoms with Crippen LogP contribution in [0.15, 0.2) is 23.0 Å². The fourth-order valence-corrected chi connectivity index (χ4v) is 4.13. The molecule has 0 fully saturated rings. The molecule has 0 saturated heterocycles. The summed E-state index contributed by atoms with van der Waals surface area (Å²) in [7, 11) is 2.55. The van der Waals surface area contributed by atoms with Crippen LogP contribution in [-0.4, -0.2) is 0 Å². The highest BCUT2D eigenvalue weighted by atomic mass is 35.5. The van der Waals surface area contributed by atoms with Gasteiger partial charge in [-0.3, -0.25) is 4.79 Å². The molecule has 2 nitrogen and oxygen atoms in total. The Labute approximate surface area is 112 Å². The zero-order chi connectivity index (χ0) is 12.4. The molecule has 0 atom stereocenters. The van der Waals surface area contributed by atoms with Crippen molar-refractivity contribution < 1.29 is 0 Å². The van der Waals surface area contributed by atoms with E-state index in [2.05, 4.69) is 37.4 Å². The summed E-state index contributed by atoms with van der Waals surface area (Å²) in [6, 6.07) is 6.39. The molecule has 1 aromatic carbocycles. The van der Waals surface area contributed by atoms with E-state index in [9.17, 15) is 4.79 Å². The first-order chi connectivity index (χ1) is 8.06. The number of halogens is 1. The molecule has 1 N–H and O–H groups in total. The third-order valence-corrected chi connectivity index (χ3v) is 5.06. The maximum Gasteiger partial charge on any atom is 0.263 e.